The quantitative estimate of drug-likeness (QED) is 0.788. The Balaban J connectivity index is 2.66. The summed E-state index contributed by atoms with van der Waals surface area (Å²) in [6, 6.07) is 4.41. The normalized spacial score (nSPS) is 10.5. The number of phenolic OH excluding ortho intramolecular Hbond substituents is 1. The molecule has 0 amide bonds. The number of halogens is 2. The number of aryl methyl sites for hydroxylation is 1. The number of ether oxygens (including phenoxy) is 1. The van der Waals surface area contributed by atoms with Gasteiger partial charge in [0.05, 0.1) is 0 Å². The number of alkyl halides is 2. The summed E-state index contributed by atoms with van der Waals surface area (Å²) in [6.45, 7) is 1.10. The van der Waals surface area contributed by atoms with E-state index in [1.165, 1.54) is 12.1 Å². The molecule has 0 spiro atoms. The van der Waals surface area contributed by atoms with Gasteiger partial charge in [0.1, 0.15) is 18.1 Å². The van der Waals surface area contributed by atoms with Crippen LogP contribution in [-0.4, -0.2) is 18.1 Å². The van der Waals surface area contributed by atoms with Gasteiger partial charge in [-0.1, -0.05) is 0 Å². The van der Waals surface area contributed by atoms with Crippen molar-refractivity contribution in [3.8, 4) is 11.5 Å². The maximum absolute atomic E-state index is 11.7. The summed E-state index contributed by atoms with van der Waals surface area (Å²) in [4.78, 5) is 0. The number of hydrogen-bond donors (Lipinski definition) is 1. The first-order valence-corrected chi connectivity index (χ1v) is 3.79. The minimum Gasteiger partial charge on any atom is -0.508 e. The third kappa shape index (κ3) is 3.27. The van der Waals surface area contributed by atoms with Gasteiger partial charge in [-0.25, -0.2) is 8.78 Å². The first-order chi connectivity index (χ1) is 6.08. The average molecular weight is 188 g/mol. The molecular formula is C9H10F2O2. The molecule has 0 radical (unpaired) electrons. The Morgan fingerprint density at radius 1 is 1.38 bits per heavy atom. The van der Waals surface area contributed by atoms with Gasteiger partial charge < -0.3 is 9.84 Å². The summed E-state index contributed by atoms with van der Waals surface area (Å²) in [7, 11) is 0. The van der Waals surface area contributed by atoms with Gasteiger partial charge in [-0.2, -0.15) is 0 Å². The molecule has 0 aliphatic rings. The van der Waals surface area contributed by atoms with Crippen LogP contribution >= 0.6 is 0 Å². The van der Waals surface area contributed by atoms with Crippen molar-refractivity contribution in [1.82, 2.24) is 0 Å². The molecule has 0 aliphatic heterocycles. The van der Waals surface area contributed by atoms with Gasteiger partial charge in [0.2, 0.25) is 0 Å². The highest BCUT2D eigenvalue weighted by atomic mass is 19.3. The summed E-state index contributed by atoms with van der Waals surface area (Å²) in [5.41, 5.74) is 0.768. The molecule has 13 heavy (non-hydrogen) atoms. The smallest absolute Gasteiger partial charge is 0.272 e. The Labute approximate surface area is 74.8 Å². The molecular weight excluding hydrogens is 178 g/mol. The summed E-state index contributed by atoms with van der Waals surface area (Å²) >= 11 is 0. The molecule has 0 aliphatic carbocycles. The molecule has 0 bridgehead atoms. The lowest BCUT2D eigenvalue weighted by atomic mass is 10.2. The number of aromatic hydroxyl groups is 1. The van der Waals surface area contributed by atoms with Crippen molar-refractivity contribution in [2.24, 2.45) is 0 Å². The third-order valence-electron chi connectivity index (χ3n) is 1.41. The second-order valence-corrected chi connectivity index (χ2v) is 2.71. The van der Waals surface area contributed by atoms with Crippen LogP contribution in [0.3, 0.4) is 0 Å². The number of phenols is 1. The van der Waals surface area contributed by atoms with Crippen molar-refractivity contribution in [2.75, 3.05) is 6.61 Å². The fraction of sp³-hybridized carbons (Fsp3) is 0.333. The van der Waals surface area contributed by atoms with E-state index in [4.69, 9.17) is 9.84 Å². The van der Waals surface area contributed by atoms with Gasteiger partial charge in [-0.05, 0) is 24.6 Å². The van der Waals surface area contributed by atoms with Crippen molar-refractivity contribution < 1.29 is 18.6 Å². The van der Waals surface area contributed by atoms with Crippen LogP contribution in [0, 0.1) is 6.92 Å². The predicted octanol–water partition coefficient (Wildman–Crippen LogP) is 2.34. The zero-order chi connectivity index (χ0) is 9.84. The zero-order valence-corrected chi connectivity index (χ0v) is 7.13. The van der Waals surface area contributed by atoms with Crippen LogP contribution in [0.4, 0.5) is 8.78 Å². The highest BCUT2D eigenvalue weighted by Crippen LogP contribution is 2.21. The average Bonchev–Trinajstić information content (AvgIpc) is 1.99. The molecule has 1 rings (SSSR count). The van der Waals surface area contributed by atoms with Crippen LogP contribution in [0.5, 0.6) is 11.5 Å². The zero-order valence-electron chi connectivity index (χ0n) is 7.13. The monoisotopic (exact) mass is 188 g/mol. The Hall–Kier alpha value is -1.32. The SMILES string of the molecule is Cc1cc(O)cc(OCC(F)F)c1. The number of benzene rings is 1. The van der Waals surface area contributed by atoms with Crippen LogP contribution in [0.25, 0.3) is 0 Å². The second-order valence-electron chi connectivity index (χ2n) is 2.71. The Morgan fingerprint density at radius 3 is 2.62 bits per heavy atom. The minimum atomic E-state index is -2.50. The van der Waals surface area contributed by atoms with E-state index in [1.54, 1.807) is 13.0 Å². The molecule has 1 aromatic rings. The van der Waals surface area contributed by atoms with Crippen LogP contribution in [0.15, 0.2) is 18.2 Å². The van der Waals surface area contributed by atoms with E-state index in [9.17, 15) is 8.78 Å². The van der Waals surface area contributed by atoms with E-state index in [2.05, 4.69) is 0 Å². The van der Waals surface area contributed by atoms with Gasteiger partial charge in [0.25, 0.3) is 6.43 Å². The predicted molar refractivity (Wildman–Crippen MR) is 44.3 cm³/mol. The highest BCUT2D eigenvalue weighted by molar-refractivity contribution is 5.36. The Morgan fingerprint density at radius 2 is 2.08 bits per heavy atom. The van der Waals surface area contributed by atoms with Gasteiger partial charge in [0, 0.05) is 6.07 Å². The first-order valence-electron chi connectivity index (χ1n) is 3.79. The lowest BCUT2D eigenvalue weighted by molar-refractivity contribution is 0.0817. The molecule has 1 N–H and O–H groups in total. The van der Waals surface area contributed by atoms with Crippen LogP contribution in [0.2, 0.25) is 0 Å². The fourth-order valence-corrected chi connectivity index (χ4v) is 0.971. The molecule has 0 saturated carbocycles. The Kier molecular flexibility index (Phi) is 3.06. The van der Waals surface area contributed by atoms with Crippen molar-refractivity contribution in [1.29, 1.82) is 0 Å². The molecule has 1 aromatic carbocycles. The van der Waals surface area contributed by atoms with E-state index in [-0.39, 0.29) is 11.5 Å². The largest absolute Gasteiger partial charge is 0.508 e. The molecule has 0 atom stereocenters. The third-order valence-corrected chi connectivity index (χ3v) is 1.41. The molecule has 72 valence electrons. The highest BCUT2D eigenvalue weighted by Gasteiger charge is 2.04. The molecule has 0 aromatic heterocycles. The lowest BCUT2D eigenvalue weighted by Gasteiger charge is -2.06. The topological polar surface area (TPSA) is 29.5 Å². The second kappa shape index (κ2) is 4.07. The molecule has 0 unspecified atom stereocenters. The van der Waals surface area contributed by atoms with E-state index < -0.39 is 13.0 Å². The number of hydrogen-bond acceptors (Lipinski definition) is 2. The molecule has 0 saturated heterocycles. The van der Waals surface area contributed by atoms with Crippen molar-refractivity contribution in [3.63, 3.8) is 0 Å². The van der Waals surface area contributed by atoms with Crippen molar-refractivity contribution >= 4 is 0 Å². The number of rotatable bonds is 3. The summed E-state index contributed by atoms with van der Waals surface area (Å²) in [5.74, 6) is 0.280. The standard InChI is InChI=1S/C9H10F2O2/c1-6-2-7(12)4-8(3-6)13-5-9(10)11/h2-4,9,12H,5H2,1H3. The van der Waals surface area contributed by atoms with Gasteiger partial charge in [0.15, 0.2) is 0 Å². The molecule has 4 heteroatoms. The van der Waals surface area contributed by atoms with E-state index in [0.717, 1.165) is 5.56 Å². The van der Waals surface area contributed by atoms with E-state index in [1.807, 2.05) is 0 Å². The van der Waals surface area contributed by atoms with Gasteiger partial charge >= 0.3 is 0 Å². The summed E-state index contributed by atoms with van der Waals surface area (Å²) < 4.78 is 28.2. The molecule has 0 fully saturated rings. The lowest BCUT2D eigenvalue weighted by Crippen LogP contribution is -2.06. The minimum absolute atomic E-state index is 0.0178. The fourth-order valence-electron chi connectivity index (χ4n) is 0.971. The van der Waals surface area contributed by atoms with E-state index >= 15 is 0 Å². The van der Waals surface area contributed by atoms with Crippen molar-refractivity contribution in [3.05, 3.63) is 23.8 Å². The van der Waals surface area contributed by atoms with Crippen LogP contribution < -0.4 is 4.74 Å². The van der Waals surface area contributed by atoms with Gasteiger partial charge in [-0.15, -0.1) is 0 Å². The van der Waals surface area contributed by atoms with Gasteiger partial charge in [-0.3, -0.25) is 0 Å². The van der Waals surface area contributed by atoms with E-state index in [0.29, 0.717) is 0 Å². The van der Waals surface area contributed by atoms with Crippen LogP contribution in [-0.2, 0) is 0 Å². The summed E-state index contributed by atoms with van der Waals surface area (Å²) in [5, 5.41) is 9.09. The summed E-state index contributed by atoms with van der Waals surface area (Å²) in [6.07, 6.45) is -2.50. The van der Waals surface area contributed by atoms with Crippen molar-refractivity contribution in [2.45, 2.75) is 13.3 Å². The van der Waals surface area contributed by atoms with Crippen LogP contribution in [0.1, 0.15) is 5.56 Å². The maximum atomic E-state index is 11.7. The Bertz CT molecular complexity index is 267. The molecule has 0 heterocycles. The molecule has 2 nitrogen and oxygen atoms in total. The first kappa shape index (κ1) is 9.77. The maximum Gasteiger partial charge on any atom is 0.272 e.